The van der Waals surface area contributed by atoms with Crippen LogP contribution in [0.3, 0.4) is 0 Å². The van der Waals surface area contributed by atoms with Crippen LogP contribution in [0.2, 0.25) is 0 Å². The molecular weight excluding hydrogens is 238 g/mol. The van der Waals surface area contributed by atoms with Crippen molar-refractivity contribution in [2.24, 2.45) is 0 Å². The van der Waals surface area contributed by atoms with Gasteiger partial charge in [-0.25, -0.2) is 9.97 Å². The van der Waals surface area contributed by atoms with Crippen molar-refractivity contribution in [1.29, 1.82) is 0 Å². The minimum Gasteiger partial charge on any atom is -0.380 e. The molecule has 0 amide bonds. The Kier molecular flexibility index (Phi) is 3.70. The monoisotopic (exact) mass is 255 g/mol. The molecule has 4 nitrogen and oxygen atoms in total. The Morgan fingerprint density at radius 2 is 1.79 bits per heavy atom. The number of anilines is 1. The Morgan fingerprint density at radius 3 is 2.58 bits per heavy atom. The fraction of sp³-hybridized carbons (Fsp3) is 0.333. The van der Waals surface area contributed by atoms with E-state index in [1.165, 1.54) is 5.56 Å². The number of aromatic nitrogens is 2. The van der Waals surface area contributed by atoms with Crippen molar-refractivity contribution < 1.29 is 4.74 Å². The molecule has 0 bridgehead atoms. The fourth-order valence-electron chi connectivity index (χ4n) is 2.47. The molecule has 1 aliphatic heterocycles. The summed E-state index contributed by atoms with van der Waals surface area (Å²) in [6, 6.07) is 12.6. The van der Waals surface area contributed by atoms with E-state index in [9.17, 15) is 0 Å². The number of rotatable bonds is 2. The molecule has 19 heavy (non-hydrogen) atoms. The first-order chi connectivity index (χ1) is 9.45. The van der Waals surface area contributed by atoms with Crippen LogP contribution in [0.1, 0.15) is 18.0 Å². The van der Waals surface area contributed by atoms with E-state index in [-0.39, 0.29) is 6.04 Å². The number of hydrogen-bond acceptors (Lipinski definition) is 4. The lowest BCUT2D eigenvalue weighted by molar-refractivity contribution is 0.150. The predicted octanol–water partition coefficient (Wildman–Crippen LogP) is 2.44. The molecule has 3 rings (SSSR count). The molecular formula is C15H17N3O. The minimum atomic E-state index is 0.283. The minimum absolute atomic E-state index is 0.283. The number of benzene rings is 1. The Balaban J connectivity index is 1.94. The Bertz CT molecular complexity index is 456. The zero-order chi connectivity index (χ0) is 12.9. The second-order valence-corrected chi connectivity index (χ2v) is 4.57. The first-order valence-corrected chi connectivity index (χ1v) is 6.61. The van der Waals surface area contributed by atoms with Crippen LogP contribution in [0.25, 0.3) is 0 Å². The van der Waals surface area contributed by atoms with E-state index in [4.69, 9.17) is 4.74 Å². The summed E-state index contributed by atoms with van der Waals surface area (Å²) in [6.45, 7) is 2.33. The third kappa shape index (κ3) is 2.74. The molecule has 0 saturated carbocycles. The van der Waals surface area contributed by atoms with Crippen molar-refractivity contribution in [3.05, 3.63) is 54.4 Å². The van der Waals surface area contributed by atoms with Crippen LogP contribution in [0.4, 0.5) is 5.95 Å². The van der Waals surface area contributed by atoms with Gasteiger partial charge in [0.2, 0.25) is 5.95 Å². The highest BCUT2D eigenvalue weighted by Gasteiger charge is 2.24. The van der Waals surface area contributed by atoms with Crippen molar-refractivity contribution in [2.45, 2.75) is 12.5 Å². The molecule has 2 aromatic rings. The van der Waals surface area contributed by atoms with Gasteiger partial charge in [0.15, 0.2) is 0 Å². The molecule has 1 aromatic heterocycles. The molecule has 1 aliphatic rings. The molecule has 0 spiro atoms. The Labute approximate surface area is 113 Å². The molecule has 0 aliphatic carbocycles. The SMILES string of the molecule is c1ccc(C2CCOCCN2c2ncccn2)cc1. The van der Waals surface area contributed by atoms with Crippen molar-refractivity contribution in [3.8, 4) is 0 Å². The zero-order valence-electron chi connectivity index (χ0n) is 10.8. The summed E-state index contributed by atoms with van der Waals surface area (Å²) in [4.78, 5) is 11.0. The summed E-state index contributed by atoms with van der Waals surface area (Å²) >= 11 is 0. The summed E-state index contributed by atoms with van der Waals surface area (Å²) < 4.78 is 5.60. The molecule has 1 saturated heterocycles. The molecule has 1 atom stereocenters. The van der Waals surface area contributed by atoms with Gasteiger partial charge in [0.05, 0.1) is 12.6 Å². The second-order valence-electron chi connectivity index (χ2n) is 4.57. The maximum Gasteiger partial charge on any atom is 0.225 e. The molecule has 1 unspecified atom stereocenters. The maximum absolute atomic E-state index is 5.60. The number of ether oxygens (including phenoxy) is 1. The lowest BCUT2D eigenvalue weighted by atomic mass is 10.0. The van der Waals surface area contributed by atoms with Gasteiger partial charge in [-0.1, -0.05) is 30.3 Å². The van der Waals surface area contributed by atoms with Gasteiger partial charge in [-0.2, -0.15) is 0 Å². The van der Waals surface area contributed by atoms with E-state index in [1.807, 2.05) is 12.1 Å². The van der Waals surface area contributed by atoms with E-state index in [1.54, 1.807) is 12.4 Å². The first kappa shape index (κ1) is 12.1. The van der Waals surface area contributed by atoms with Gasteiger partial charge in [0, 0.05) is 25.5 Å². The van der Waals surface area contributed by atoms with Crippen molar-refractivity contribution in [3.63, 3.8) is 0 Å². The normalized spacial score (nSPS) is 20.0. The van der Waals surface area contributed by atoms with Gasteiger partial charge < -0.3 is 9.64 Å². The first-order valence-electron chi connectivity index (χ1n) is 6.61. The summed E-state index contributed by atoms with van der Waals surface area (Å²) in [5, 5.41) is 0. The van der Waals surface area contributed by atoms with Gasteiger partial charge in [0.1, 0.15) is 0 Å². The Morgan fingerprint density at radius 1 is 1.00 bits per heavy atom. The van der Waals surface area contributed by atoms with E-state index in [0.717, 1.165) is 32.1 Å². The van der Waals surface area contributed by atoms with Crippen molar-refractivity contribution >= 4 is 5.95 Å². The van der Waals surface area contributed by atoms with E-state index in [2.05, 4.69) is 39.1 Å². The molecule has 2 heterocycles. The lowest BCUT2D eigenvalue weighted by Crippen LogP contribution is -2.31. The molecule has 0 N–H and O–H groups in total. The molecule has 4 heteroatoms. The maximum atomic E-state index is 5.60. The smallest absolute Gasteiger partial charge is 0.225 e. The number of nitrogens with zero attached hydrogens (tertiary/aromatic N) is 3. The summed E-state index contributed by atoms with van der Waals surface area (Å²) in [5.41, 5.74) is 1.29. The van der Waals surface area contributed by atoms with E-state index < -0.39 is 0 Å². The third-order valence-electron chi connectivity index (χ3n) is 3.38. The van der Waals surface area contributed by atoms with Crippen LogP contribution in [-0.4, -0.2) is 29.7 Å². The molecule has 1 fully saturated rings. The quantitative estimate of drug-likeness (QED) is 0.826. The highest BCUT2D eigenvalue weighted by atomic mass is 16.5. The fourth-order valence-corrected chi connectivity index (χ4v) is 2.47. The lowest BCUT2D eigenvalue weighted by Gasteiger charge is -2.29. The molecule has 98 valence electrons. The van der Waals surface area contributed by atoms with Gasteiger partial charge in [0.25, 0.3) is 0 Å². The van der Waals surface area contributed by atoms with Crippen LogP contribution in [0.5, 0.6) is 0 Å². The number of hydrogen-bond donors (Lipinski definition) is 0. The highest BCUT2D eigenvalue weighted by Crippen LogP contribution is 2.28. The Hall–Kier alpha value is -1.94. The van der Waals surface area contributed by atoms with Crippen LogP contribution < -0.4 is 4.90 Å². The molecule has 0 radical (unpaired) electrons. The average Bonchev–Trinajstić information content (AvgIpc) is 2.75. The van der Waals surface area contributed by atoms with Crippen LogP contribution in [0, 0.1) is 0 Å². The predicted molar refractivity (Wildman–Crippen MR) is 74.0 cm³/mol. The van der Waals surface area contributed by atoms with Crippen LogP contribution in [-0.2, 0) is 4.74 Å². The second kappa shape index (κ2) is 5.80. The van der Waals surface area contributed by atoms with Gasteiger partial charge in [-0.05, 0) is 18.1 Å². The highest BCUT2D eigenvalue weighted by molar-refractivity contribution is 5.36. The summed E-state index contributed by atoms with van der Waals surface area (Å²) in [5.74, 6) is 0.779. The van der Waals surface area contributed by atoms with Crippen LogP contribution in [0.15, 0.2) is 48.8 Å². The van der Waals surface area contributed by atoms with E-state index >= 15 is 0 Å². The van der Waals surface area contributed by atoms with Crippen molar-refractivity contribution in [1.82, 2.24) is 9.97 Å². The topological polar surface area (TPSA) is 38.2 Å². The third-order valence-corrected chi connectivity index (χ3v) is 3.38. The summed E-state index contributed by atoms with van der Waals surface area (Å²) in [7, 11) is 0. The van der Waals surface area contributed by atoms with Gasteiger partial charge in [-0.15, -0.1) is 0 Å². The summed E-state index contributed by atoms with van der Waals surface area (Å²) in [6.07, 6.45) is 4.54. The largest absolute Gasteiger partial charge is 0.380 e. The zero-order valence-corrected chi connectivity index (χ0v) is 10.8. The van der Waals surface area contributed by atoms with Crippen LogP contribution >= 0.6 is 0 Å². The van der Waals surface area contributed by atoms with Gasteiger partial charge in [-0.3, -0.25) is 0 Å². The van der Waals surface area contributed by atoms with Gasteiger partial charge >= 0.3 is 0 Å². The standard InChI is InChI=1S/C15H17N3O/c1-2-5-13(6-3-1)14-7-11-19-12-10-18(14)15-16-8-4-9-17-15/h1-6,8-9,14H,7,10-12H2. The van der Waals surface area contributed by atoms with Crippen molar-refractivity contribution in [2.75, 3.05) is 24.7 Å². The van der Waals surface area contributed by atoms with E-state index in [0.29, 0.717) is 0 Å². The molecule has 1 aromatic carbocycles. The average molecular weight is 255 g/mol.